The van der Waals surface area contributed by atoms with Crippen LogP contribution in [0, 0.1) is 11.3 Å². The van der Waals surface area contributed by atoms with Gasteiger partial charge in [-0.05, 0) is 48.5 Å². The number of halogens is 2. The fourth-order valence-corrected chi connectivity index (χ4v) is 2.93. The molecule has 4 nitrogen and oxygen atoms in total. The highest BCUT2D eigenvalue weighted by molar-refractivity contribution is 7.99. The molecule has 114 valence electrons. The summed E-state index contributed by atoms with van der Waals surface area (Å²) in [5.74, 6) is 0.983. The molecule has 0 spiro atoms. The maximum atomic E-state index is 8.82. The summed E-state index contributed by atoms with van der Waals surface area (Å²) >= 11 is 13.3. The zero-order valence-corrected chi connectivity index (χ0v) is 14.1. The van der Waals surface area contributed by atoms with E-state index < -0.39 is 0 Å². The molecule has 0 saturated carbocycles. The fourth-order valence-electron chi connectivity index (χ4n) is 2.07. The van der Waals surface area contributed by atoms with Gasteiger partial charge in [0.15, 0.2) is 11.0 Å². The van der Waals surface area contributed by atoms with Gasteiger partial charge in [-0.2, -0.15) is 5.26 Å². The van der Waals surface area contributed by atoms with Gasteiger partial charge in [0.25, 0.3) is 0 Å². The lowest BCUT2D eigenvalue weighted by atomic mass is 10.2. The number of benzene rings is 2. The van der Waals surface area contributed by atoms with E-state index in [0.717, 1.165) is 11.3 Å². The predicted molar refractivity (Wildman–Crippen MR) is 93.2 cm³/mol. The van der Waals surface area contributed by atoms with Crippen LogP contribution in [-0.2, 0) is 0 Å². The lowest BCUT2D eigenvalue weighted by Crippen LogP contribution is -1.99. The number of aromatic nitrogens is 3. The van der Waals surface area contributed by atoms with Crippen LogP contribution in [0.1, 0.15) is 0 Å². The zero-order valence-electron chi connectivity index (χ0n) is 11.8. The summed E-state index contributed by atoms with van der Waals surface area (Å²) in [7, 11) is 0. The summed E-state index contributed by atoms with van der Waals surface area (Å²) in [6.07, 6.45) is 0. The van der Waals surface area contributed by atoms with Gasteiger partial charge < -0.3 is 0 Å². The summed E-state index contributed by atoms with van der Waals surface area (Å²) in [6, 6.07) is 16.9. The Labute approximate surface area is 147 Å². The molecule has 3 rings (SSSR count). The van der Waals surface area contributed by atoms with Crippen molar-refractivity contribution in [2.45, 2.75) is 5.16 Å². The number of nitrogens with zero attached hydrogens (tertiary/aromatic N) is 4. The van der Waals surface area contributed by atoms with E-state index in [9.17, 15) is 0 Å². The summed E-state index contributed by atoms with van der Waals surface area (Å²) in [5.41, 5.74) is 1.77. The molecular formula is C16H10Cl2N4S. The minimum absolute atomic E-state index is 0.298. The molecule has 0 aliphatic heterocycles. The van der Waals surface area contributed by atoms with E-state index >= 15 is 0 Å². The van der Waals surface area contributed by atoms with Crippen LogP contribution in [0.15, 0.2) is 53.7 Å². The monoisotopic (exact) mass is 360 g/mol. The topological polar surface area (TPSA) is 54.5 Å². The number of thioether (sulfide) groups is 1. The van der Waals surface area contributed by atoms with Crippen LogP contribution < -0.4 is 0 Å². The van der Waals surface area contributed by atoms with Crippen molar-refractivity contribution in [2.24, 2.45) is 0 Å². The predicted octanol–water partition coefficient (Wildman–Crippen LogP) is 4.86. The van der Waals surface area contributed by atoms with Gasteiger partial charge in [0.05, 0.1) is 11.8 Å². The van der Waals surface area contributed by atoms with Gasteiger partial charge in [0.2, 0.25) is 0 Å². The maximum absolute atomic E-state index is 8.82. The van der Waals surface area contributed by atoms with Crippen molar-refractivity contribution in [1.82, 2.24) is 14.8 Å². The van der Waals surface area contributed by atoms with Crippen LogP contribution >= 0.6 is 35.0 Å². The summed E-state index contributed by atoms with van der Waals surface area (Å²) in [4.78, 5) is 0. The number of hydrogen-bond acceptors (Lipinski definition) is 4. The van der Waals surface area contributed by atoms with E-state index in [2.05, 4.69) is 16.3 Å². The highest BCUT2D eigenvalue weighted by atomic mass is 35.5. The highest BCUT2D eigenvalue weighted by Gasteiger charge is 2.16. The van der Waals surface area contributed by atoms with Gasteiger partial charge >= 0.3 is 0 Å². The minimum atomic E-state index is 0.298. The van der Waals surface area contributed by atoms with Crippen molar-refractivity contribution >= 4 is 35.0 Å². The first-order valence-corrected chi connectivity index (χ1v) is 8.40. The second kappa shape index (κ2) is 7.05. The van der Waals surface area contributed by atoms with E-state index in [1.807, 2.05) is 28.8 Å². The molecule has 3 aromatic rings. The Hall–Kier alpha value is -2.00. The summed E-state index contributed by atoms with van der Waals surface area (Å²) < 4.78 is 1.90. The molecule has 7 heteroatoms. The molecule has 23 heavy (non-hydrogen) atoms. The molecular weight excluding hydrogens is 351 g/mol. The standard InChI is InChI=1S/C16H10Cl2N4S/c17-12-3-1-11(2-4-12)15-20-21-16(23-10-9-19)22(15)14-7-5-13(18)6-8-14/h1-8H,10H2. The largest absolute Gasteiger partial charge is 0.270 e. The smallest absolute Gasteiger partial charge is 0.197 e. The Morgan fingerprint density at radius 1 is 0.957 bits per heavy atom. The van der Waals surface area contributed by atoms with E-state index in [0.29, 0.717) is 26.8 Å². The third kappa shape index (κ3) is 3.50. The van der Waals surface area contributed by atoms with Gasteiger partial charge in [-0.1, -0.05) is 35.0 Å². The van der Waals surface area contributed by atoms with E-state index in [4.69, 9.17) is 28.5 Å². The zero-order chi connectivity index (χ0) is 16.2. The molecule has 0 radical (unpaired) electrons. The molecule has 0 amide bonds. The molecule has 0 N–H and O–H groups in total. The molecule has 0 atom stereocenters. The first-order valence-electron chi connectivity index (χ1n) is 6.66. The van der Waals surface area contributed by atoms with E-state index in [1.165, 1.54) is 11.8 Å². The van der Waals surface area contributed by atoms with E-state index in [1.54, 1.807) is 24.3 Å². The molecule has 0 unspecified atom stereocenters. The molecule has 1 aromatic heterocycles. The highest BCUT2D eigenvalue weighted by Crippen LogP contribution is 2.29. The average Bonchev–Trinajstić information content (AvgIpc) is 2.98. The second-order valence-electron chi connectivity index (χ2n) is 4.57. The lowest BCUT2D eigenvalue weighted by Gasteiger charge is -2.10. The Morgan fingerprint density at radius 2 is 1.57 bits per heavy atom. The second-order valence-corrected chi connectivity index (χ2v) is 6.39. The molecule has 0 aliphatic rings. The first-order chi connectivity index (χ1) is 11.2. The molecule has 0 aliphatic carbocycles. The summed E-state index contributed by atoms with van der Waals surface area (Å²) in [6.45, 7) is 0. The van der Waals surface area contributed by atoms with E-state index in [-0.39, 0.29) is 0 Å². The molecule has 0 bridgehead atoms. The third-order valence-electron chi connectivity index (χ3n) is 3.09. The Morgan fingerprint density at radius 3 is 2.17 bits per heavy atom. The molecule has 2 aromatic carbocycles. The Balaban J connectivity index is 2.12. The SMILES string of the molecule is N#CCSc1nnc(-c2ccc(Cl)cc2)n1-c1ccc(Cl)cc1. The van der Waals surface area contributed by atoms with Gasteiger partial charge in [-0.3, -0.25) is 4.57 Å². The first kappa shape index (κ1) is 15.9. The molecule has 0 fully saturated rings. The van der Waals surface area contributed by atoms with Crippen molar-refractivity contribution in [3.8, 4) is 23.1 Å². The Kier molecular flexibility index (Phi) is 4.87. The minimum Gasteiger partial charge on any atom is -0.270 e. The quantitative estimate of drug-likeness (QED) is 0.623. The number of hydrogen-bond donors (Lipinski definition) is 0. The normalized spacial score (nSPS) is 10.5. The number of nitriles is 1. The Bertz CT molecular complexity index is 851. The third-order valence-corrected chi connectivity index (χ3v) is 4.39. The van der Waals surface area contributed by atoms with Crippen LogP contribution in [0.5, 0.6) is 0 Å². The van der Waals surface area contributed by atoms with Crippen LogP contribution in [0.25, 0.3) is 17.1 Å². The van der Waals surface area contributed by atoms with Crippen molar-refractivity contribution in [3.63, 3.8) is 0 Å². The van der Waals surface area contributed by atoms with Crippen LogP contribution in [0.2, 0.25) is 10.0 Å². The molecule has 0 saturated heterocycles. The van der Waals surface area contributed by atoms with Gasteiger partial charge in [0.1, 0.15) is 0 Å². The van der Waals surface area contributed by atoms with Crippen molar-refractivity contribution < 1.29 is 0 Å². The van der Waals surface area contributed by atoms with Crippen LogP contribution in [-0.4, -0.2) is 20.5 Å². The van der Waals surface area contributed by atoms with Crippen molar-refractivity contribution in [3.05, 3.63) is 58.6 Å². The van der Waals surface area contributed by atoms with Gasteiger partial charge in [-0.25, -0.2) is 0 Å². The average molecular weight is 361 g/mol. The van der Waals surface area contributed by atoms with Crippen molar-refractivity contribution in [1.29, 1.82) is 5.26 Å². The molecule has 1 heterocycles. The maximum Gasteiger partial charge on any atom is 0.197 e. The lowest BCUT2D eigenvalue weighted by molar-refractivity contribution is 0.888. The fraction of sp³-hybridized carbons (Fsp3) is 0.0625. The van der Waals surface area contributed by atoms with Crippen LogP contribution in [0.3, 0.4) is 0 Å². The number of rotatable bonds is 4. The summed E-state index contributed by atoms with van der Waals surface area (Å²) in [5, 5.41) is 19.3. The van der Waals surface area contributed by atoms with Gasteiger partial charge in [0, 0.05) is 21.3 Å². The van der Waals surface area contributed by atoms with Crippen molar-refractivity contribution in [2.75, 3.05) is 5.75 Å². The van der Waals surface area contributed by atoms with Gasteiger partial charge in [-0.15, -0.1) is 10.2 Å². The van der Waals surface area contributed by atoms with Crippen LogP contribution in [0.4, 0.5) is 0 Å².